The molecule has 178 valence electrons. The standard InChI is InChI=1S/C25H33N5O2.HI/c1-26-25(28-15-16-6-9-20-17(13-16)5-3-11-29(20)2)27-10-4-12-30-23(31)21-18-7-8-19(14-18)22(21)24(30)32;/h6-9,13,18-19,21-22H,3-5,10-12,14-15H2,1-2H3,(H2,26,27,28);1H. The summed E-state index contributed by atoms with van der Waals surface area (Å²) in [7, 11) is 3.91. The molecule has 4 unspecified atom stereocenters. The molecule has 2 heterocycles. The Kier molecular flexibility index (Phi) is 7.31. The minimum absolute atomic E-state index is 0. The molecule has 33 heavy (non-hydrogen) atoms. The number of aryl methyl sites for hydroxylation is 1. The highest BCUT2D eigenvalue weighted by Crippen LogP contribution is 2.52. The van der Waals surface area contributed by atoms with Crippen LogP contribution in [-0.4, -0.2) is 56.4 Å². The van der Waals surface area contributed by atoms with Crippen LogP contribution in [0.15, 0.2) is 35.3 Å². The largest absolute Gasteiger partial charge is 0.374 e. The molecule has 2 fully saturated rings. The Morgan fingerprint density at radius 2 is 1.85 bits per heavy atom. The Bertz CT molecular complexity index is 948. The number of likely N-dealkylation sites (tertiary alicyclic amines) is 1. The maximum Gasteiger partial charge on any atom is 0.233 e. The number of allylic oxidation sites excluding steroid dienone is 2. The number of hydrogen-bond donors (Lipinski definition) is 2. The smallest absolute Gasteiger partial charge is 0.233 e. The van der Waals surface area contributed by atoms with Gasteiger partial charge in [0.2, 0.25) is 11.8 Å². The van der Waals surface area contributed by atoms with E-state index < -0.39 is 0 Å². The third-order valence-corrected chi connectivity index (χ3v) is 7.59. The first-order valence-corrected chi connectivity index (χ1v) is 11.9. The van der Waals surface area contributed by atoms with Crippen LogP contribution in [0.5, 0.6) is 0 Å². The van der Waals surface area contributed by atoms with Gasteiger partial charge in [0, 0.05) is 46.0 Å². The molecule has 1 saturated carbocycles. The molecule has 1 aromatic carbocycles. The summed E-state index contributed by atoms with van der Waals surface area (Å²) in [5.74, 6) is 1.16. The molecule has 0 aromatic heterocycles. The molecule has 1 saturated heterocycles. The van der Waals surface area contributed by atoms with Crippen molar-refractivity contribution in [1.82, 2.24) is 15.5 Å². The Hall–Kier alpha value is -2.10. The quantitative estimate of drug-likeness (QED) is 0.139. The van der Waals surface area contributed by atoms with Gasteiger partial charge in [0.15, 0.2) is 5.96 Å². The zero-order valence-electron chi connectivity index (χ0n) is 19.4. The summed E-state index contributed by atoms with van der Waals surface area (Å²) in [5, 5.41) is 6.68. The van der Waals surface area contributed by atoms with Gasteiger partial charge in [0.05, 0.1) is 11.8 Å². The first kappa shape index (κ1) is 24.0. The van der Waals surface area contributed by atoms with Crippen LogP contribution in [0.2, 0.25) is 0 Å². The summed E-state index contributed by atoms with van der Waals surface area (Å²) in [6.45, 7) is 2.96. The van der Waals surface area contributed by atoms with Crippen molar-refractivity contribution in [3.05, 3.63) is 41.5 Å². The van der Waals surface area contributed by atoms with E-state index in [1.54, 1.807) is 7.05 Å². The second-order valence-corrected chi connectivity index (χ2v) is 9.52. The molecule has 8 heteroatoms. The van der Waals surface area contributed by atoms with Crippen molar-refractivity contribution < 1.29 is 9.59 Å². The summed E-state index contributed by atoms with van der Waals surface area (Å²) in [6.07, 6.45) is 8.30. The fraction of sp³-hybridized carbons (Fsp3) is 0.560. The van der Waals surface area contributed by atoms with Crippen LogP contribution >= 0.6 is 24.0 Å². The average Bonchev–Trinajstić information content (AvgIpc) is 3.48. The van der Waals surface area contributed by atoms with Gasteiger partial charge in [0.25, 0.3) is 0 Å². The highest BCUT2D eigenvalue weighted by atomic mass is 127. The van der Waals surface area contributed by atoms with E-state index in [2.05, 4.69) is 57.9 Å². The lowest BCUT2D eigenvalue weighted by Crippen LogP contribution is -2.39. The maximum absolute atomic E-state index is 12.8. The number of amides is 2. The molecule has 2 aliphatic heterocycles. The van der Waals surface area contributed by atoms with Gasteiger partial charge < -0.3 is 15.5 Å². The first-order valence-electron chi connectivity index (χ1n) is 11.9. The molecule has 4 aliphatic rings. The molecule has 5 rings (SSSR count). The van der Waals surface area contributed by atoms with Crippen LogP contribution in [-0.2, 0) is 22.6 Å². The van der Waals surface area contributed by atoms with Crippen LogP contribution in [0.1, 0.15) is 30.4 Å². The predicted octanol–water partition coefficient (Wildman–Crippen LogP) is 2.55. The minimum atomic E-state index is -0.101. The molecule has 0 spiro atoms. The lowest BCUT2D eigenvalue weighted by atomic mass is 9.85. The van der Waals surface area contributed by atoms with E-state index >= 15 is 0 Å². The number of benzene rings is 1. The van der Waals surface area contributed by atoms with Gasteiger partial charge in [0.1, 0.15) is 0 Å². The number of carbonyl (C=O) groups excluding carboxylic acids is 2. The molecule has 4 atom stereocenters. The van der Waals surface area contributed by atoms with Gasteiger partial charge in [-0.15, -0.1) is 24.0 Å². The molecular weight excluding hydrogens is 529 g/mol. The summed E-state index contributed by atoms with van der Waals surface area (Å²) in [4.78, 5) is 33.7. The average molecular weight is 563 g/mol. The van der Waals surface area contributed by atoms with E-state index in [0.717, 1.165) is 25.3 Å². The Labute approximate surface area is 213 Å². The third-order valence-electron chi connectivity index (χ3n) is 7.59. The number of imide groups is 1. The second kappa shape index (κ2) is 10.0. The number of rotatable bonds is 6. The van der Waals surface area contributed by atoms with Gasteiger partial charge in [-0.25, -0.2) is 0 Å². The monoisotopic (exact) mass is 563 g/mol. The molecule has 1 aromatic rings. The lowest BCUT2D eigenvalue weighted by molar-refractivity contribution is -0.140. The number of fused-ring (bicyclic) bond motifs is 6. The Balaban J connectivity index is 0.00000259. The molecule has 2 aliphatic carbocycles. The topological polar surface area (TPSA) is 77.0 Å². The Morgan fingerprint density at radius 3 is 2.55 bits per heavy atom. The van der Waals surface area contributed by atoms with Crippen molar-refractivity contribution in [3.8, 4) is 0 Å². The zero-order valence-corrected chi connectivity index (χ0v) is 21.7. The number of guanidine groups is 1. The van der Waals surface area contributed by atoms with Gasteiger partial charge in [-0.3, -0.25) is 19.5 Å². The molecule has 2 bridgehead atoms. The van der Waals surface area contributed by atoms with Crippen LogP contribution in [0.4, 0.5) is 5.69 Å². The highest BCUT2D eigenvalue weighted by molar-refractivity contribution is 14.0. The summed E-state index contributed by atoms with van der Waals surface area (Å²) in [5.41, 5.74) is 3.99. The summed E-state index contributed by atoms with van der Waals surface area (Å²) >= 11 is 0. The van der Waals surface area contributed by atoms with Crippen molar-refractivity contribution in [2.24, 2.45) is 28.7 Å². The fourth-order valence-electron chi connectivity index (χ4n) is 5.98. The maximum atomic E-state index is 12.8. The molecule has 0 radical (unpaired) electrons. The number of nitrogens with zero attached hydrogens (tertiary/aromatic N) is 3. The third kappa shape index (κ3) is 4.50. The van der Waals surface area contributed by atoms with Crippen molar-refractivity contribution in [2.45, 2.75) is 32.2 Å². The van der Waals surface area contributed by atoms with Crippen LogP contribution in [0.3, 0.4) is 0 Å². The lowest BCUT2D eigenvalue weighted by Gasteiger charge is -2.28. The fourth-order valence-corrected chi connectivity index (χ4v) is 5.98. The predicted molar refractivity (Wildman–Crippen MR) is 141 cm³/mol. The normalized spacial score (nSPS) is 27.5. The SMILES string of the molecule is CN=C(NCCCN1C(=O)C2C3C=CC(C3)C2C1=O)NCc1ccc2c(c1)CCCN2C.I. The van der Waals surface area contributed by atoms with E-state index in [0.29, 0.717) is 26.1 Å². The van der Waals surface area contributed by atoms with Crippen LogP contribution in [0.25, 0.3) is 0 Å². The first-order chi connectivity index (χ1) is 15.6. The van der Waals surface area contributed by atoms with Crippen molar-refractivity contribution in [2.75, 3.05) is 38.6 Å². The Morgan fingerprint density at radius 1 is 1.12 bits per heavy atom. The second-order valence-electron chi connectivity index (χ2n) is 9.52. The van der Waals surface area contributed by atoms with Crippen molar-refractivity contribution >= 4 is 47.4 Å². The van der Waals surface area contributed by atoms with E-state index in [1.807, 2.05) is 0 Å². The van der Waals surface area contributed by atoms with E-state index in [9.17, 15) is 9.59 Å². The molecule has 2 N–H and O–H groups in total. The number of halogens is 1. The van der Waals surface area contributed by atoms with Crippen LogP contribution < -0.4 is 15.5 Å². The van der Waals surface area contributed by atoms with Crippen LogP contribution in [0, 0.1) is 23.7 Å². The number of nitrogens with one attached hydrogen (secondary N) is 2. The summed E-state index contributed by atoms with van der Waals surface area (Å²) in [6, 6.07) is 6.67. The van der Waals surface area contributed by atoms with Gasteiger partial charge >= 0.3 is 0 Å². The number of aliphatic imine (C=N–C) groups is 1. The van der Waals surface area contributed by atoms with E-state index in [1.165, 1.54) is 28.1 Å². The molecular formula is C25H34IN5O2. The number of carbonyl (C=O) groups is 2. The molecule has 7 nitrogen and oxygen atoms in total. The van der Waals surface area contributed by atoms with E-state index in [-0.39, 0.29) is 59.5 Å². The highest BCUT2D eigenvalue weighted by Gasteiger charge is 2.58. The van der Waals surface area contributed by atoms with Gasteiger partial charge in [-0.05, 0) is 54.7 Å². The van der Waals surface area contributed by atoms with Crippen molar-refractivity contribution in [3.63, 3.8) is 0 Å². The number of anilines is 1. The molecule has 2 amide bonds. The van der Waals surface area contributed by atoms with Gasteiger partial charge in [-0.2, -0.15) is 0 Å². The minimum Gasteiger partial charge on any atom is -0.374 e. The zero-order chi connectivity index (χ0) is 22.2. The number of hydrogen-bond acceptors (Lipinski definition) is 4. The van der Waals surface area contributed by atoms with Gasteiger partial charge in [-0.1, -0.05) is 24.3 Å². The summed E-state index contributed by atoms with van der Waals surface area (Å²) < 4.78 is 0. The van der Waals surface area contributed by atoms with E-state index in [4.69, 9.17) is 0 Å². The van der Waals surface area contributed by atoms with Crippen molar-refractivity contribution in [1.29, 1.82) is 0 Å².